The van der Waals surface area contributed by atoms with Gasteiger partial charge in [0.05, 0.1) is 6.04 Å². The Kier molecular flexibility index (Phi) is 7.43. The molecule has 2 N–H and O–H groups in total. The number of hydrogen-bond acceptors (Lipinski definition) is 3. The van der Waals surface area contributed by atoms with Gasteiger partial charge in [0.1, 0.15) is 6.54 Å². The lowest BCUT2D eigenvalue weighted by molar-refractivity contribution is -0.127. The summed E-state index contributed by atoms with van der Waals surface area (Å²) < 4.78 is 0. The molecule has 1 aliphatic rings. The quantitative estimate of drug-likeness (QED) is 0.612. The van der Waals surface area contributed by atoms with Crippen LogP contribution in [0.25, 0.3) is 0 Å². The van der Waals surface area contributed by atoms with Gasteiger partial charge in [-0.05, 0) is 31.1 Å². The summed E-state index contributed by atoms with van der Waals surface area (Å²) in [5.74, 6) is 1.94. The van der Waals surface area contributed by atoms with Gasteiger partial charge in [0, 0.05) is 25.9 Å². The van der Waals surface area contributed by atoms with Crippen LogP contribution in [0.4, 0.5) is 0 Å². The Morgan fingerprint density at radius 1 is 1.38 bits per heavy atom. The average molecular weight is 349 g/mol. The van der Waals surface area contributed by atoms with Crippen LogP contribution in [-0.4, -0.2) is 55.0 Å². The van der Waals surface area contributed by atoms with Crippen LogP contribution < -0.4 is 10.6 Å². The van der Waals surface area contributed by atoms with E-state index in [1.807, 2.05) is 30.0 Å². The number of rotatable bonds is 6. The first-order valence-corrected chi connectivity index (χ1v) is 9.52. The van der Waals surface area contributed by atoms with E-state index in [0.717, 1.165) is 6.54 Å². The molecule has 132 valence electrons. The molecule has 1 aromatic rings. The molecule has 0 saturated carbocycles. The summed E-state index contributed by atoms with van der Waals surface area (Å²) in [4.78, 5) is 17.9. The summed E-state index contributed by atoms with van der Waals surface area (Å²) >= 11 is 2.01. The van der Waals surface area contributed by atoms with Crippen LogP contribution in [0.3, 0.4) is 0 Å². The Bertz CT molecular complexity index is 541. The van der Waals surface area contributed by atoms with Gasteiger partial charge in [0.15, 0.2) is 5.96 Å². The van der Waals surface area contributed by atoms with Gasteiger partial charge in [-0.25, -0.2) is 4.99 Å². The highest BCUT2D eigenvalue weighted by molar-refractivity contribution is 8.00. The van der Waals surface area contributed by atoms with Crippen LogP contribution in [0.15, 0.2) is 35.3 Å². The number of carbonyl (C=O) groups excluding carboxylic acids is 1. The molecular formula is C18H28N4OS. The van der Waals surface area contributed by atoms with Crippen molar-refractivity contribution in [1.29, 1.82) is 0 Å². The van der Waals surface area contributed by atoms with E-state index >= 15 is 0 Å². The zero-order chi connectivity index (χ0) is 17.4. The minimum atomic E-state index is -0.00120. The van der Waals surface area contributed by atoms with Gasteiger partial charge < -0.3 is 15.5 Å². The Morgan fingerprint density at radius 3 is 2.75 bits per heavy atom. The zero-order valence-electron chi connectivity index (χ0n) is 14.8. The van der Waals surface area contributed by atoms with Gasteiger partial charge in [-0.1, -0.05) is 30.3 Å². The molecule has 1 saturated heterocycles. The monoisotopic (exact) mass is 348 g/mol. The molecule has 6 heteroatoms. The molecule has 0 bridgehead atoms. The molecule has 1 aromatic carbocycles. The number of likely N-dealkylation sites (N-methyl/N-ethyl adjacent to an activating group) is 1. The first kappa shape index (κ1) is 18.6. The number of hydrogen-bond donors (Lipinski definition) is 2. The molecule has 1 fully saturated rings. The van der Waals surface area contributed by atoms with E-state index in [9.17, 15) is 4.79 Å². The van der Waals surface area contributed by atoms with Crippen molar-refractivity contribution in [3.05, 3.63) is 35.9 Å². The molecule has 24 heavy (non-hydrogen) atoms. The van der Waals surface area contributed by atoms with Crippen LogP contribution in [0, 0.1) is 0 Å². The SMILES string of the molecule is CC(NC(=NCC(=O)N(C)C)NCC1CCCS1)c1ccccc1. The average Bonchev–Trinajstić information content (AvgIpc) is 3.11. The number of aliphatic imine (C=N–C) groups is 1. The van der Waals surface area contributed by atoms with Crippen LogP contribution in [-0.2, 0) is 4.79 Å². The maximum Gasteiger partial charge on any atom is 0.243 e. The van der Waals surface area contributed by atoms with Gasteiger partial charge >= 0.3 is 0 Å². The highest BCUT2D eigenvalue weighted by Crippen LogP contribution is 2.25. The van der Waals surface area contributed by atoms with Gasteiger partial charge in [-0.2, -0.15) is 11.8 Å². The third kappa shape index (κ3) is 6.07. The van der Waals surface area contributed by atoms with Crippen LogP contribution in [0.5, 0.6) is 0 Å². The lowest BCUT2D eigenvalue weighted by Crippen LogP contribution is -2.42. The topological polar surface area (TPSA) is 56.7 Å². The molecular weight excluding hydrogens is 320 g/mol. The number of nitrogens with one attached hydrogen (secondary N) is 2. The standard InChI is InChI=1S/C18H28N4OS/c1-14(15-8-5-4-6-9-15)21-18(20-13-17(23)22(2)3)19-12-16-10-7-11-24-16/h4-6,8-9,14,16H,7,10-13H2,1-3H3,(H2,19,20,21). The molecule has 2 unspecified atom stereocenters. The van der Waals surface area contributed by atoms with E-state index in [1.54, 1.807) is 19.0 Å². The molecule has 0 radical (unpaired) electrons. The first-order chi connectivity index (χ1) is 11.6. The van der Waals surface area contributed by atoms with Crippen molar-refractivity contribution in [2.45, 2.75) is 31.1 Å². The van der Waals surface area contributed by atoms with E-state index in [4.69, 9.17) is 0 Å². The summed E-state index contributed by atoms with van der Waals surface area (Å²) in [6, 6.07) is 10.4. The number of thioether (sulfide) groups is 1. The van der Waals surface area contributed by atoms with Gasteiger partial charge in [0.25, 0.3) is 0 Å². The fourth-order valence-electron chi connectivity index (χ4n) is 2.49. The minimum absolute atomic E-state index is 0.00120. The van der Waals surface area contributed by atoms with Crippen LogP contribution in [0.2, 0.25) is 0 Å². The summed E-state index contributed by atoms with van der Waals surface area (Å²) in [5, 5.41) is 7.45. The van der Waals surface area contributed by atoms with Crippen molar-refractivity contribution >= 4 is 23.6 Å². The van der Waals surface area contributed by atoms with Gasteiger partial charge in [-0.3, -0.25) is 4.79 Å². The highest BCUT2D eigenvalue weighted by atomic mass is 32.2. The summed E-state index contributed by atoms with van der Waals surface area (Å²) in [7, 11) is 3.50. The van der Waals surface area contributed by atoms with E-state index in [1.165, 1.54) is 24.2 Å². The van der Waals surface area contributed by atoms with Crippen molar-refractivity contribution in [3.63, 3.8) is 0 Å². The smallest absolute Gasteiger partial charge is 0.243 e. The van der Waals surface area contributed by atoms with Crippen molar-refractivity contribution in [2.75, 3.05) is 32.9 Å². The number of benzene rings is 1. The van der Waals surface area contributed by atoms with Crippen molar-refractivity contribution in [2.24, 2.45) is 4.99 Å². The Hall–Kier alpha value is -1.69. The number of nitrogens with zero attached hydrogens (tertiary/aromatic N) is 2. The normalized spacial score (nSPS) is 19.0. The molecule has 0 aliphatic carbocycles. The summed E-state index contributed by atoms with van der Waals surface area (Å²) in [6.07, 6.45) is 2.53. The van der Waals surface area contributed by atoms with E-state index in [2.05, 4.69) is 34.7 Å². The maximum atomic E-state index is 11.8. The molecule has 2 atom stereocenters. The van der Waals surface area contributed by atoms with Crippen molar-refractivity contribution < 1.29 is 4.79 Å². The lowest BCUT2D eigenvalue weighted by Gasteiger charge is -2.20. The lowest BCUT2D eigenvalue weighted by atomic mass is 10.1. The predicted octanol–water partition coefficient (Wildman–Crippen LogP) is 2.27. The molecule has 1 heterocycles. The zero-order valence-corrected chi connectivity index (χ0v) is 15.6. The summed E-state index contributed by atoms with van der Waals surface area (Å²) in [5.41, 5.74) is 1.20. The summed E-state index contributed by atoms with van der Waals surface area (Å²) in [6.45, 7) is 3.14. The second-order valence-electron chi connectivity index (χ2n) is 6.25. The number of carbonyl (C=O) groups is 1. The predicted molar refractivity (Wildman–Crippen MR) is 102 cm³/mol. The molecule has 1 amide bonds. The Labute approximate surface area is 149 Å². The molecule has 0 aromatic heterocycles. The van der Waals surface area contributed by atoms with E-state index in [-0.39, 0.29) is 18.5 Å². The largest absolute Gasteiger partial charge is 0.355 e. The van der Waals surface area contributed by atoms with Crippen LogP contribution >= 0.6 is 11.8 Å². The van der Waals surface area contributed by atoms with Crippen molar-refractivity contribution in [3.8, 4) is 0 Å². The number of guanidine groups is 1. The van der Waals surface area contributed by atoms with E-state index < -0.39 is 0 Å². The molecule has 5 nitrogen and oxygen atoms in total. The fourth-order valence-corrected chi connectivity index (χ4v) is 3.69. The Balaban J connectivity index is 1.97. The van der Waals surface area contributed by atoms with Crippen molar-refractivity contribution in [1.82, 2.24) is 15.5 Å². The van der Waals surface area contributed by atoms with E-state index in [0.29, 0.717) is 11.2 Å². The van der Waals surface area contributed by atoms with Gasteiger partial charge in [-0.15, -0.1) is 0 Å². The second-order valence-corrected chi connectivity index (χ2v) is 7.65. The number of amides is 1. The first-order valence-electron chi connectivity index (χ1n) is 8.48. The highest BCUT2D eigenvalue weighted by Gasteiger charge is 2.16. The molecule has 0 spiro atoms. The molecule has 1 aliphatic heterocycles. The minimum Gasteiger partial charge on any atom is -0.355 e. The third-order valence-electron chi connectivity index (χ3n) is 4.05. The third-order valence-corrected chi connectivity index (χ3v) is 5.44. The Morgan fingerprint density at radius 2 is 2.12 bits per heavy atom. The maximum absolute atomic E-state index is 11.8. The fraction of sp³-hybridized carbons (Fsp3) is 0.556. The van der Waals surface area contributed by atoms with Crippen LogP contribution in [0.1, 0.15) is 31.4 Å². The second kappa shape index (κ2) is 9.57. The van der Waals surface area contributed by atoms with Gasteiger partial charge in [0.2, 0.25) is 5.91 Å². The molecule has 2 rings (SSSR count).